The fraction of sp³-hybridized carbons (Fsp3) is 0.424. The van der Waals surface area contributed by atoms with Gasteiger partial charge in [0.1, 0.15) is 22.8 Å². The maximum absolute atomic E-state index is 13.9. The van der Waals surface area contributed by atoms with Crippen LogP contribution < -0.4 is 15.2 Å². The molecule has 0 aromatic heterocycles. The van der Waals surface area contributed by atoms with Gasteiger partial charge in [0, 0.05) is 17.9 Å². The number of hydrogen-bond donors (Lipinski definition) is 5. The molecule has 0 aliphatic heterocycles. The summed E-state index contributed by atoms with van der Waals surface area (Å²) in [7, 11) is 1.58. The van der Waals surface area contributed by atoms with Crippen LogP contribution >= 0.6 is 0 Å². The highest BCUT2D eigenvalue weighted by molar-refractivity contribution is 6.24. The lowest BCUT2D eigenvalue weighted by Crippen LogP contribution is -2.57. The van der Waals surface area contributed by atoms with E-state index in [-0.39, 0.29) is 42.3 Å². The van der Waals surface area contributed by atoms with Gasteiger partial charge in [0.15, 0.2) is 22.9 Å². The molecule has 0 heterocycles. The van der Waals surface area contributed by atoms with Crippen molar-refractivity contribution >= 4 is 17.5 Å². The number of rotatable bonds is 5. The smallest absolute Gasteiger partial charge is 0.255 e. The lowest BCUT2D eigenvalue weighted by Gasteiger charge is -2.45. The average Bonchev–Trinajstić information content (AvgIpc) is 2.96. The Hall–Kier alpha value is -4.31. The number of phenolic OH excluding ortho intramolecular Hbond substituents is 1. The number of aliphatic hydroxyl groups is 3. The Kier molecular flexibility index (Phi) is 7.00. The van der Waals surface area contributed by atoms with Crippen molar-refractivity contribution in [2.75, 3.05) is 7.11 Å². The average molecular weight is 590 g/mol. The number of primary amides is 1. The molecule has 0 spiro atoms. The predicted octanol–water partition coefficient (Wildman–Crippen LogP) is 4.21. The zero-order valence-corrected chi connectivity index (χ0v) is 24.1. The van der Waals surface area contributed by atoms with Gasteiger partial charge in [0.2, 0.25) is 5.78 Å². The number of allylic oxidation sites excluding steroid dienone is 2. The minimum Gasteiger partial charge on any atom is -0.511 e. The fourth-order valence-electron chi connectivity index (χ4n) is 7.35. The van der Waals surface area contributed by atoms with Crippen LogP contribution in [0.1, 0.15) is 61.4 Å². The number of Topliss-reactive ketones (excluding diaryl/α,β-unsaturated/α-hetero) is 2. The standard InChI is InChI=1S/C33H35NO9/c1-15-3-6-19(7-4-15)43-25-13-16(5-10-24(25)42-2)20-8-9-22(35)27-21(20)12-17-11-18-14-23(36)28(32(34)40)31(39)33(18,41)30(38)26(17)29(27)37/h5,8-10,13,15,17-19,35-36,38,41H,3-4,6-7,11-12,14H2,1-2H3,(H2,34,40)/t15?,17-,18+,19?,33+/m0/s1. The zero-order chi connectivity index (χ0) is 30.8. The highest BCUT2D eigenvalue weighted by Crippen LogP contribution is 2.52. The topological polar surface area (TPSA) is 177 Å². The van der Waals surface area contributed by atoms with Crippen molar-refractivity contribution in [2.24, 2.45) is 23.5 Å². The van der Waals surface area contributed by atoms with E-state index in [4.69, 9.17) is 15.2 Å². The molecule has 6 rings (SSSR count). The molecule has 0 bridgehead atoms. The van der Waals surface area contributed by atoms with Crippen LogP contribution in [0.3, 0.4) is 0 Å². The van der Waals surface area contributed by atoms with Crippen molar-refractivity contribution in [3.8, 4) is 28.4 Å². The normalized spacial score (nSPS) is 28.6. The summed E-state index contributed by atoms with van der Waals surface area (Å²) in [6.45, 7) is 2.24. The van der Waals surface area contributed by atoms with Crippen LogP contribution in [0.15, 0.2) is 53.0 Å². The summed E-state index contributed by atoms with van der Waals surface area (Å²) in [4.78, 5) is 39.0. The number of methoxy groups -OCH3 is 1. The Morgan fingerprint density at radius 2 is 1.72 bits per heavy atom. The number of fused-ring (bicyclic) bond motifs is 3. The Balaban J connectivity index is 1.41. The first-order valence-electron chi connectivity index (χ1n) is 14.6. The Bertz CT molecular complexity index is 1610. The Labute approximate surface area is 248 Å². The number of aliphatic hydroxyl groups excluding tert-OH is 2. The molecule has 1 saturated carbocycles. The van der Waals surface area contributed by atoms with Crippen LogP contribution in [0.2, 0.25) is 0 Å². The third kappa shape index (κ3) is 4.47. The number of phenols is 1. The number of benzene rings is 2. The molecule has 6 N–H and O–H groups in total. The molecule has 1 amide bonds. The van der Waals surface area contributed by atoms with E-state index >= 15 is 0 Å². The molecular formula is C33H35NO9. The van der Waals surface area contributed by atoms with E-state index in [9.17, 15) is 34.8 Å². The molecule has 0 unspecified atom stereocenters. The van der Waals surface area contributed by atoms with Gasteiger partial charge in [-0.05, 0) is 85.3 Å². The van der Waals surface area contributed by atoms with Crippen molar-refractivity contribution in [1.82, 2.24) is 0 Å². The Morgan fingerprint density at radius 1 is 1.00 bits per heavy atom. The molecule has 4 aliphatic carbocycles. The van der Waals surface area contributed by atoms with Crippen LogP contribution in [-0.2, 0) is 16.0 Å². The molecule has 0 saturated heterocycles. The van der Waals surface area contributed by atoms with Crippen LogP contribution in [0.5, 0.6) is 17.2 Å². The molecule has 1 fully saturated rings. The van der Waals surface area contributed by atoms with Gasteiger partial charge in [-0.1, -0.05) is 19.1 Å². The van der Waals surface area contributed by atoms with Crippen LogP contribution in [-0.4, -0.2) is 56.7 Å². The van der Waals surface area contributed by atoms with Gasteiger partial charge in [0.25, 0.3) is 5.91 Å². The maximum atomic E-state index is 13.9. The van der Waals surface area contributed by atoms with Crippen molar-refractivity contribution in [3.63, 3.8) is 0 Å². The first-order valence-corrected chi connectivity index (χ1v) is 14.6. The first kappa shape index (κ1) is 28.8. The monoisotopic (exact) mass is 589 g/mol. The number of aromatic hydroxyl groups is 1. The molecule has 10 nitrogen and oxygen atoms in total. The second-order valence-electron chi connectivity index (χ2n) is 12.3. The summed E-state index contributed by atoms with van der Waals surface area (Å²) >= 11 is 0. The summed E-state index contributed by atoms with van der Waals surface area (Å²) in [6, 6.07) is 8.64. The molecule has 43 heavy (non-hydrogen) atoms. The predicted molar refractivity (Wildman–Crippen MR) is 155 cm³/mol. The van der Waals surface area contributed by atoms with E-state index in [1.165, 1.54) is 6.07 Å². The number of carbonyl (C=O) groups is 3. The minimum absolute atomic E-state index is 0.0336. The second-order valence-corrected chi connectivity index (χ2v) is 12.3. The first-order chi connectivity index (χ1) is 20.4. The molecule has 2 aromatic carbocycles. The molecule has 10 heteroatoms. The van der Waals surface area contributed by atoms with E-state index in [0.29, 0.717) is 28.5 Å². The molecule has 3 atom stereocenters. The highest BCUT2D eigenvalue weighted by Gasteiger charge is 2.59. The van der Waals surface area contributed by atoms with E-state index in [1.807, 2.05) is 12.1 Å². The molecule has 2 aromatic rings. The van der Waals surface area contributed by atoms with E-state index in [2.05, 4.69) is 6.92 Å². The number of ketones is 2. The number of nitrogens with two attached hydrogens (primary N) is 1. The third-order valence-electron chi connectivity index (χ3n) is 9.68. The third-order valence-corrected chi connectivity index (χ3v) is 9.68. The molecular weight excluding hydrogens is 554 g/mol. The number of ether oxygens (including phenoxy) is 2. The van der Waals surface area contributed by atoms with Gasteiger partial charge in [-0.3, -0.25) is 14.4 Å². The van der Waals surface area contributed by atoms with Gasteiger partial charge < -0.3 is 35.6 Å². The number of amides is 1. The molecule has 4 aliphatic rings. The SMILES string of the molecule is COc1ccc(-c2ccc(O)c3c2C[C@@H]2C[C@@H]4CC(O)=C(C(N)=O)C(=O)[C@]4(O)C(O)=C2C3=O)cc1OC1CCC(C)CC1. The summed E-state index contributed by atoms with van der Waals surface area (Å²) in [5.41, 5.74) is 3.64. The number of carbonyl (C=O) groups excluding carboxylic acids is 3. The van der Waals surface area contributed by atoms with Gasteiger partial charge in [-0.15, -0.1) is 0 Å². The van der Waals surface area contributed by atoms with Crippen LogP contribution in [0.4, 0.5) is 0 Å². The van der Waals surface area contributed by atoms with Crippen LogP contribution in [0, 0.1) is 17.8 Å². The van der Waals surface area contributed by atoms with Crippen molar-refractivity contribution < 1.29 is 44.3 Å². The van der Waals surface area contributed by atoms with E-state index in [1.54, 1.807) is 19.2 Å². The van der Waals surface area contributed by atoms with Crippen molar-refractivity contribution in [2.45, 2.75) is 63.6 Å². The molecule has 0 radical (unpaired) electrons. The van der Waals surface area contributed by atoms with Crippen molar-refractivity contribution in [3.05, 3.63) is 64.1 Å². The fourth-order valence-corrected chi connectivity index (χ4v) is 7.35. The van der Waals surface area contributed by atoms with Crippen LogP contribution in [0.25, 0.3) is 11.1 Å². The summed E-state index contributed by atoms with van der Waals surface area (Å²) in [6.07, 6.45) is 4.12. The molecule has 226 valence electrons. The summed E-state index contributed by atoms with van der Waals surface area (Å²) in [5, 5.41) is 44.0. The lowest BCUT2D eigenvalue weighted by molar-refractivity contribution is -0.144. The number of hydrogen-bond acceptors (Lipinski definition) is 9. The second kappa shape index (κ2) is 10.4. The Morgan fingerprint density at radius 3 is 2.40 bits per heavy atom. The minimum atomic E-state index is -2.60. The van der Waals surface area contributed by atoms with Crippen molar-refractivity contribution in [1.29, 1.82) is 0 Å². The van der Waals surface area contributed by atoms with Gasteiger partial charge in [0.05, 0.1) is 18.8 Å². The maximum Gasteiger partial charge on any atom is 0.255 e. The summed E-state index contributed by atoms with van der Waals surface area (Å²) < 4.78 is 12.0. The quantitative estimate of drug-likeness (QED) is 0.320. The van der Waals surface area contributed by atoms with Gasteiger partial charge in [-0.2, -0.15) is 0 Å². The zero-order valence-electron chi connectivity index (χ0n) is 24.1. The van der Waals surface area contributed by atoms with E-state index in [0.717, 1.165) is 31.2 Å². The lowest BCUT2D eigenvalue weighted by atomic mass is 9.60. The summed E-state index contributed by atoms with van der Waals surface area (Å²) in [5.74, 6) is -4.71. The van der Waals surface area contributed by atoms with Gasteiger partial charge >= 0.3 is 0 Å². The highest BCUT2D eigenvalue weighted by atomic mass is 16.5. The van der Waals surface area contributed by atoms with E-state index < -0.39 is 52.0 Å². The van der Waals surface area contributed by atoms with Gasteiger partial charge in [-0.25, -0.2) is 0 Å². The largest absolute Gasteiger partial charge is 0.511 e.